The van der Waals surface area contributed by atoms with E-state index in [9.17, 15) is 8.42 Å². The van der Waals surface area contributed by atoms with Crippen molar-refractivity contribution in [2.75, 3.05) is 0 Å². The summed E-state index contributed by atoms with van der Waals surface area (Å²) in [7, 11) is -1.96. The minimum atomic E-state index is -3.62. The summed E-state index contributed by atoms with van der Waals surface area (Å²) in [5, 5.41) is 11.7. The molecule has 2 heterocycles. The Hall–Kier alpha value is -1.74. The fourth-order valence-electron chi connectivity index (χ4n) is 1.85. The summed E-state index contributed by atoms with van der Waals surface area (Å²) in [5.41, 5.74) is 0. The van der Waals surface area contributed by atoms with Gasteiger partial charge in [-0.05, 0) is 20.8 Å². The van der Waals surface area contributed by atoms with Gasteiger partial charge >= 0.3 is 0 Å². The molecule has 0 amide bonds. The van der Waals surface area contributed by atoms with Crippen molar-refractivity contribution in [1.82, 2.24) is 29.3 Å². The zero-order valence-electron chi connectivity index (χ0n) is 11.8. The third-order valence-electron chi connectivity index (χ3n) is 2.87. The summed E-state index contributed by atoms with van der Waals surface area (Å²) in [6.45, 7) is 5.70. The Balaban J connectivity index is 2.23. The van der Waals surface area contributed by atoms with Gasteiger partial charge in [-0.2, -0.15) is 5.10 Å². The maximum absolute atomic E-state index is 12.2. The van der Waals surface area contributed by atoms with Crippen molar-refractivity contribution < 1.29 is 8.42 Å². The molecule has 20 heavy (non-hydrogen) atoms. The number of hydrogen-bond acceptors (Lipinski definition) is 5. The summed E-state index contributed by atoms with van der Waals surface area (Å²) in [6, 6.07) is -0.324. The predicted molar refractivity (Wildman–Crippen MR) is 72.4 cm³/mol. The molecule has 110 valence electrons. The van der Waals surface area contributed by atoms with Crippen molar-refractivity contribution in [3.8, 4) is 0 Å². The second kappa shape index (κ2) is 5.33. The summed E-state index contributed by atoms with van der Waals surface area (Å²) >= 11 is 0. The van der Waals surface area contributed by atoms with Crippen molar-refractivity contribution in [2.24, 2.45) is 7.05 Å². The van der Waals surface area contributed by atoms with Crippen LogP contribution in [0.1, 0.15) is 38.7 Å². The third-order valence-corrected chi connectivity index (χ3v) is 4.36. The minimum Gasteiger partial charge on any atom is -0.314 e. The van der Waals surface area contributed by atoms with E-state index in [1.165, 1.54) is 17.1 Å². The molecule has 0 saturated carbocycles. The van der Waals surface area contributed by atoms with Gasteiger partial charge in [-0.25, -0.2) is 13.1 Å². The molecule has 0 unspecified atom stereocenters. The van der Waals surface area contributed by atoms with Crippen LogP contribution in [0.15, 0.2) is 23.6 Å². The Bertz CT molecular complexity index is 687. The van der Waals surface area contributed by atoms with Crippen molar-refractivity contribution >= 4 is 10.0 Å². The lowest BCUT2D eigenvalue weighted by atomic mass is 10.3. The van der Waals surface area contributed by atoms with E-state index in [1.807, 2.05) is 18.4 Å². The van der Waals surface area contributed by atoms with E-state index in [0.29, 0.717) is 5.82 Å². The molecule has 2 rings (SSSR count). The van der Waals surface area contributed by atoms with E-state index in [4.69, 9.17) is 0 Å². The predicted octanol–water partition coefficient (Wildman–Crippen LogP) is 0.632. The summed E-state index contributed by atoms with van der Waals surface area (Å²) < 4.78 is 30.3. The number of hydrogen-bond donors (Lipinski definition) is 1. The number of aryl methyl sites for hydroxylation is 1. The highest BCUT2D eigenvalue weighted by atomic mass is 32.2. The molecule has 8 nitrogen and oxygen atoms in total. The van der Waals surface area contributed by atoms with E-state index in [1.54, 1.807) is 20.3 Å². The zero-order chi connectivity index (χ0) is 14.9. The molecule has 0 aliphatic heterocycles. The molecule has 0 saturated heterocycles. The van der Waals surface area contributed by atoms with Gasteiger partial charge in [0.2, 0.25) is 10.0 Å². The van der Waals surface area contributed by atoms with Crippen LogP contribution in [0.4, 0.5) is 0 Å². The molecule has 0 spiro atoms. The third kappa shape index (κ3) is 2.88. The van der Waals surface area contributed by atoms with Crippen molar-refractivity contribution in [3.05, 3.63) is 24.5 Å². The molecule has 0 bridgehead atoms. The maximum Gasteiger partial charge on any atom is 0.244 e. The topological polar surface area (TPSA) is 94.7 Å². The Morgan fingerprint density at radius 2 is 2.00 bits per heavy atom. The van der Waals surface area contributed by atoms with E-state index >= 15 is 0 Å². The molecule has 0 aromatic carbocycles. The van der Waals surface area contributed by atoms with Gasteiger partial charge in [-0.15, -0.1) is 10.2 Å². The maximum atomic E-state index is 12.2. The summed E-state index contributed by atoms with van der Waals surface area (Å²) in [4.78, 5) is 0.127. The Morgan fingerprint density at radius 3 is 2.55 bits per heavy atom. The lowest BCUT2D eigenvalue weighted by molar-refractivity contribution is 0.514. The van der Waals surface area contributed by atoms with Crippen LogP contribution in [0, 0.1) is 0 Å². The largest absolute Gasteiger partial charge is 0.314 e. The molecular weight excluding hydrogens is 280 g/mol. The molecule has 1 atom stereocenters. The first-order valence-electron chi connectivity index (χ1n) is 6.21. The first-order chi connectivity index (χ1) is 9.31. The molecule has 2 aromatic heterocycles. The van der Waals surface area contributed by atoms with E-state index < -0.39 is 16.1 Å². The fraction of sp³-hybridized carbons (Fsp3) is 0.545. The first-order valence-corrected chi connectivity index (χ1v) is 7.70. The standard InChI is InChI=1S/C11H18N6O2S/c1-8(2)17-7-12-14-11(17)9(3)15-20(18,19)10-5-13-16(4)6-10/h5-9,15H,1-4H3/t9-/m0/s1. The lowest BCUT2D eigenvalue weighted by Crippen LogP contribution is -2.29. The molecule has 0 aliphatic rings. The molecular formula is C11H18N6O2S. The molecule has 1 N–H and O–H groups in total. The molecule has 0 aliphatic carbocycles. The fourth-order valence-corrected chi connectivity index (χ4v) is 3.03. The first kappa shape index (κ1) is 14.7. The van der Waals surface area contributed by atoms with Crippen LogP contribution in [0.5, 0.6) is 0 Å². The second-order valence-electron chi connectivity index (χ2n) is 4.88. The average Bonchev–Trinajstić information content (AvgIpc) is 2.96. The monoisotopic (exact) mass is 298 g/mol. The van der Waals surface area contributed by atoms with E-state index in [2.05, 4.69) is 20.0 Å². The Kier molecular flexibility index (Phi) is 3.91. The molecule has 0 fully saturated rings. The van der Waals surface area contributed by atoms with Crippen LogP contribution in [-0.2, 0) is 17.1 Å². The minimum absolute atomic E-state index is 0.127. The normalized spacial score (nSPS) is 13.8. The van der Waals surface area contributed by atoms with E-state index in [-0.39, 0.29) is 10.9 Å². The van der Waals surface area contributed by atoms with Crippen molar-refractivity contribution in [1.29, 1.82) is 0 Å². The number of rotatable bonds is 5. The highest BCUT2D eigenvalue weighted by molar-refractivity contribution is 7.89. The quantitative estimate of drug-likeness (QED) is 0.873. The van der Waals surface area contributed by atoms with Gasteiger partial charge in [0.1, 0.15) is 11.2 Å². The summed E-state index contributed by atoms with van der Waals surface area (Å²) in [6.07, 6.45) is 4.35. The van der Waals surface area contributed by atoms with Crippen molar-refractivity contribution in [2.45, 2.75) is 37.8 Å². The van der Waals surface area contributed by atoms with Gasteiger partial charge in [0, 0.05) is 19.3 Å². The number of sulfonamides is 1. The highest BCUT2D eigenvalue weighted by Crippen LogP contribution is 2.17. The van der Waals surface area contributed by atoms with Crippen LogP contribution in [0.3, 0.4) is 0 Å². The Labute approximate surface area is 117 Å². The highest BCUT2D eigenvalue weighted by Gasteiger charge is 2.23. The SMILES string of the molecule is CC(C)n1cnnc1[C@H](C)NS(=O)(=O)c1cnn(C)c1. The van der Waals surface area contributed by atoms with Gasteiger partial charge in [0.05, 0.1) is 12.2 Å². The van der Waals surface area contributed by atoms with Gasteiger partial charge < -0.3 is 4.57 Å². The second-order valence-corrected chi connectivity index (χ2v) is 6.60. The van der Waals surface area contributed by atoms with Gasteiger partial charge in [0.15, 0.2) is 5.82 Å². The number of nitrogens with one attached hydrogen (secondary N) is 1. The van der Waals surface area contributed by atoms with Crippen LogP contribution < -0.4 is 4.72 Å². The van der Waals surface area contributed by atoms with Crippen LogP contribution in [0.2, 0.25) is 0 Å². The number of aromatic nitrogens is 5. The molecule has 0 radical (unpaired) electrons. The van der Waals surface area contributed by atoms with Gasteiger partial charge in [-0.1, -0.05) is 0 Å². The van der Waals surface area contributed by atoms with Gasteiger partial charge in [-0.3, -0.25) is 4.68 Å². The lowest BCUT2D eigenvalue weighted by Gasteiger charge is -2.16. The average molecular weight is 298 g/mol. The van der Waals surface area contributed by atoms with E-state index in [0.717, 1.165) is 0 Å². The van der Waals surface area contributed by atoms with Crippen LogP contribution >= 0.6 is 0 Å². The summed E-state index contributed by atoms with van der Waals surface area (Å²) in [5.74, 6) is 0.576. The van der Waals surface area contributed by atoms with Crippen LogP contribution in [-0.4, -0.2) is 33.0 Å². The van der Waals surface area contributed by atoms with Crippen molar-refractivity contribution in [3.63, 3.8) is 0 Å². The number of nitrogens with zero attached hydrogens (tertiary/aromatic N) is 5. The van der Waals surface area contributed by atoms with Crippen LogP contribution in [0.25, 0.3) is 0 Å². The molecule has 2 aromatic rings. The van der Waals surface area contributed by atoms with Gasteiger partial charge in [0.25, 0.3) is 0 Å². The molecule has 9 heteroatoms. The Morgan fingerprint density at radius 1 is 1.30 bits per heavy atom. The zero-order valence-corrected chi connectivity index (χ0v) is 12.7. The smallest absolute Gasteiger partial charge is 0.244 e.